The molecule has 0 atom stereocenters. The van der Waals surface area contributed by atoms with Crippen LogP contribution in [0.3, 0.4) is 0 Å². The van der Waals surface area contributed by atoms with Crippen molar-refractivity contribution in [2.24, 2.45) is 0 Å². The van der Waals surface area contributed by atoms with Crippen LogP contribution in [0.15, 0.2) is 47.4 Å². The molecule has 2 rings (SSSR count). The minimum Gasteiger partial charge on any atom is -0.279 e. The Morgan fingerprint density at radius 2 is 1.63 bits per heavy atom. The number of benzene rings is 2. The maximum absolute atomic E-state index is 13.1. The highest BCUT2D eigenvalue weighted by atomic mass is 32.2. The van der Waals surface area contributed by atoms with Crippen molar-refractivity contribution in [3.8, 4) is 0 Å². The second kappa shape index (κ2) is 5.01. The molecule has 0 bridgehead atoms. The fourth-order valence-electron chi connectivity index (χ4n) is 1.63. The predicted octanol–water partition coefficient (Wildman–Crippen LogP) is 3.24. The van der Waals surface area contributed by atoms with E-state index in [2.05, 4.69) is 4.72 Å². The number of nitrogens with one attached hydrogen (secondary N) is 1. The monoisotopic (exact) mass is 279 g/mol. The van der Waals surface area contributed by atoms with E-state index in [-0.39, 0.29) is 10.6 Å². The van der Waals surface area contributed by atoms with Gasteiger partial charge >= 0.3 is 0 Å². The Balaban J connectivity index is 2.36. The number of hydrogen-bond donors (Lipinski definition) is 1. The summed E-state index contributed by atoms with van der Waals surface area (Å²) in [6.07, 6.45) is 0. The van der Waals surface area contributed by atoms with Crippen molar-refractivity contribution in [2.75, 3.05) is 4.72 Å². The highest BCUT2D eigenvalue weighted by molar-refractivity contribution is 7.92. The molecule has 0 heterocycles. The van der Waals surface area contributed by atoms with Crippen LogP contribution in [0.4, 0.5) is 10.1 Å². The van der Waals surface area contributed by atoms with Gasteiger partial charge in [-0.15, -0.1) is 0 Å². The van der Waals surface area contributed by atoms with E-state index >= 15 is 0 Å². The van der Waals surface area contributed by atoms with Gasteiger partial charge in [0.1, 0.15) is 5.82 Å². The van der Waals surface area contributed by atoms with Gasteiger partial charge in [0, 0.05) is 0 Å². The van der Waals surface area contributed by atoms with Gasteiger partial charge < -0.3 is 0 Å². The third-order valence-electron chi connectivity index (χ3n) is 2.78. The third-order valence-corrected chi connectivity index (χ3v) is 4.16. The lowest BCUT2D eigenvalue weighted by Gasteiger charge is -2.10. The van der Waals surface area contributed by atoms with Crippen molar-refractivity contribution in [1.82, 2.24) is 0 Å². The molecule has 19 heavy (non-hydrogen) atoms. The lowest BCUT2D eigenvalue weighted by molar-refractivity contribution is 0.601. The quantitative estimate of drug-likeness (QED) is 0.937. The normalized spacial score (nSPS) is 11.3. The highest BCUT2D eigenvalue weighted by Gasteiger charge is 2.15. The lowest BCUT2D eigenvalue weighted by atomic mass is 10.2. The minimum atomic E-state index is -3.69. The first-order valence-corrected chi connectivity index (χ1v) is 7.22. The van der Waals surface area contributed by atoms with Gasteiger partial charge in [-0.05, 0) is 43.7 Å². The van der Waals surface area contributed by atoms with Crippen LogP contribution >= 0.6 is 0 Å². The number of aryl methyl sites for hydroxylation is 2. The Hall–Kier alpha value is -1.88. The van der Waals surface area contributed by atoms with Gasteiger partial charge in [0.2, 0.25) is 0 Å². The van der Waals surface area contributed by atoms with Crippen LogP contribution in [0.2, 0.25) is 0 Å². The molecule has 5 heteroatoms. The first-order valence-electron chi connectivity index (χ1n) is 5.74. The third kappa shape index (κ3) is 3.12. The topological polar surface area (TPSA) is 46.2 Å². The van der Waals surface area contributed by atoms with E-state index in [1.54, 1.807) is 19.1 Å². The summed E-state index contributed by atoms with van der Waals surface area (Å²) in [7, 11) is -3.69. The van der Waals surface area contributed by atoms with E-state index in [1.165, 1.54) is 30.3 Å². The summed E-state index contributed by atoms with van der Waals surface area (Å²) in [5, 5.41) is 0. The van der Waals surface area contributed by atoms with Gasteiger partial charge in [-0.25, -0.2) is 12.8 Å². The number of hydrogen-bond acceptors (Lipinski definition) is 2. The molecular weight excluding hydrogens is 265 g/mol. The minimum absolute atomic E-state index is 0.154. The van der Waals surface area contributed by atoms with E-state index in [0.29, 0.717) is 5.56 Å². The average Bonchev–Trinajstić information content (AvgIpc) is 2.34. The van der Waals surface area contributed by atoms with Gasteiger partial charge in [0.25, 0.3) is 10.0 Å². The molecule has 0 radical (unpaired) electrons. The van der Waals surface area contributed by atoms with Crippen LogP contribution in [0.1, 0.15) is 11.1 Å². The van der Waals surface area contributed by atoms with Gasteiger partial charge in [0.05, 0.1) is 10.6 Å². The van der Waals surface area contributed by atoms with Gasteiger partial charge in [-0.1, -0.05) is 23.8 Å². The number of halogens is 1. The van der Waals surface area contributed by atoms with E-state index < -0.39 is 15.8 Å². The zero-order valence-corrected chi connectivity index (χ0v) is 11.5. The molecule has 0 aliphatic carbocycles. The summed E-state index contributed by atoms with van der Waals surface area (Å²) in [6, 6.07) is 10.5. The fourth-order valence-corrected chi connectivity index (χ4v) is 2.75. The first kappa shape index (κ1) is 13.5. The molecule has 100 valence electrons. The smallest absolute Gasteiger partial charge is 0.261 e. The molecule has 0 saturated heterocycles. The van der Waals surface area contributed by atoms with Crippen LogP contribution in [0, 0.1) is 19.7 Å². The summed E-state index contributed by atoms with van der Waals surface area (Å²) >= 11 is 0. The number of anilines is 1. The molecule has 0 saturated carbocycles. The van der Waals surface area contributed by atoms with Crippen molar-refractivity contribution in [2.45, 2.75) is 18.7 Å². The number of sulfonamides is 1. The standard InChI is InChI=1S/C14H14FNO2S/c1-10-3-7-13(8-4-10)19(17,18)16-14-9-12(15)6-5-11(14)2/h3-9,16H,1-2H3. The largest absolute Gasteiger partial charge is 0.279 e. The van der Waals surface area contributed by atoms with Gasteiger partial charge in [0.15, 0.2) is 0 Å². The maximum Gasteiger partial charge on any atom is 0.261 e. The van der Waals surface area contributed by atoms with Gasteiger partial charge in [-0.3, -0.25) is 4.72 Å². The van der Waals surface area contributed by atoms with Crippen molar-refractivity contribution >= 4 is 15.7 Å². The fraction of sp³-hybridized carbons (Fsp3) is 0.143. The van der Waals surface area contributed by atoms with E-state index in [1.807, 2.05) is 6.92 Å². The maximum atomic E-state index is 13.1. The SMILES string of the molecule is Cc1ccc(S(=O)(=O)Nc2cc(F)ccc2C)cc1. The Morgan fingerprint density at radius 1 is 1.00 bits per heavy atom. The molecule has 0 fully saturated rings. The second-order valence-corrected chi connectivity index (χ2v) is 6.06. The Morgan fingerprint density at radius 3 is 2.26 bits per heavy atom. The van der Waals surface area contributed by atoms with Crippen LogP contribution in [-0.4, -0.2) is 8.42 Å². The van der Waals surface area contributed by atoms with Crippen molar-refractivity contribution in [3.05, 3.63) is 59.4 Å². The zero-order chi connectivity index (χ0) is 14.0. The van der Waals surface area contributed by atoms with Crippen molar-refractivity contribution in [1.29, 1.82) is 0 Å². The molecule has 1 N–H and O–H groups in total. The summed E-state index contributed by atoms with van der Waals surface area (Å²) in [5.74, 6) is -0.479. The second-order valence-electron chi connectivity index (χ2n) is 4.38. The summed E-state index contributed by atoms with van der Waals surface area (Å²) < 4.78 is 39.8. The molecule has 0 unspecified atom stereocenters. The predicted molar refractivity (Wildman–Crippen MR) is 73.1 cm³/mol. The molecule has 2 aromatic rings. The Labute approximate surface area is 112 Å². The van der Waals surface area contributed by atoms with E-state index in [0.717, 1.165) is 5.56 Å². The van der Waals surface area contributed by atoms with E-state index in [9.17, 15) is 12.8 Å². The molecule has 0 amide bonds. The van der Waals surface area contributed by atoms with Crippen molar-refractivity contribution < 1.29 is 12.8 Å². The molecule has 3 nitrogen and oxygen atoms in total. The lowest BCUT2D eigenvalue weighted by Crippen LogP contribution is -2.13. The summed E-state index contributed by atoms with van der Waals surface area (Å²) in [4.78, 5) is 0.154. The first-order chi connectivity index (χ1) is 8.88. The average molecular weight is 279 g/mol. The molecule has 2 aromatic carbocycles. The molecule has 0 aromatic heterocycles. The van der Waals surface area contributed by atoms with Crippen LogP contribution < -0.4 is 4.72 Å². The zero-order valence-electron chi connectivity index (χ0n) is 10.6. The summed E-state index contributed by atoms with van der Waals surface area (Å²) in [5.41, 5.74) is 1.89. The Bertz CT molecular complexity index is 694. The highest BCUT2D eigenvalue weighted by Crippen LogP contribution is 2.20. The molecule has 0 aliphatic rings. The molecular formula is C14H14FNO2S. The Kier molecular flexibility index (Phi) is 3.57. The molecule has 0 aliphatic heterocycles. The van der Waals surface area contributed by atoms with E-state index in [4.69, 9.17) is 0 Å². The van der Waals surface area contributed by atoms with Crippen LogP contribution in [0.25, 0.3) is 0 Å². The van der Waals surface area contributed by atoms with Crippen LogP contribution in [0.5, 0.6) is 0 Å². The van der Waals surface area contributed by atoms with Crippen molar-refractivity contribution in [3.63, 3.8) is 0 Å². The number of rotatable bonds is 3. The summed E-state index contributed by atoms with van der Waals surface area (Å²) in [6.45, 7) is 3.59. The molecule has 0 spiro atoms. The van der Waals surface area contributed by atoms with Gasteiger partial charge in [-0.2, -0.15) is 0 Å². The van der Waals surface area contributed by atoms with Crippen LogP contribution in [-0.2, 0) is 10.0 Å².